The van der Waals surface area contributed by atoms with Gasteiger partial charge in [-0.1, -0.05) is 31.2 Å². The molecule has 36 heavy (non-hydrogen) atoms. The van der Waals surface area contributed by atoms with Crippen LogP contribution in [0.15, 0.2) is 42.5 Å². The van der Waals surface area contributed by atoms with Gasteiger partial charge in [0.15, 0.2) is 0 Å². The van der Waals surface area contributed by atoms with E-state index < -0.39 is 28.7 Å². The topological polar surface area (TPSA) is 99.3 Å². The average molecular weight is 519 g/mol. The zero-order valence-electron chi connectivity index (χ0n) is 22.2. The molecule has 0 radical (unpaired) electrons. The van der Waals surface area contributed by atoms with Crippen molar-refractivity contribution in [2.45, 2.75) is 46.7 Å². The van der Waals surface area contributed by atoms with E-state index in [1.54, 1.807) is 45.2 Å². The van der Waals surface area contributed by atoms with E-state index in [4.69, 9.17) is 4.74 Å². The van der Waals surface area contributed by atoms with Crippen molar-refractivity contribution in [2.75, 3.05) is 38.6 Å². The van der Waals surface area contributed by atoms with Gasteiger partial charge >= 0.3 is 10.2 Å². The molecule has 0 saturated heterocycles. The van der Waals surface area contributed by atoms with Crippen molar-refractivity contribution in [3.05, 3.63) is 59.2 Å². The lowest BCUT2D eigenvalue weighted by Gasteiger charge is -2.33. The van der Waals surface area contributed by atoms with Crippen LogP contribution in [-0.4, -0.2) is 69.8 Å². The molecule has 0 heterocycles. The molecule has 0 aromatic heterocycles. The highest BCUT2D eigenvalue weighted by atomic mass is 32.2. The molecule has 0 aliphatic rings. The smallest absolute Gasteiger partial charge is 0.304 e. The Balaban J connectivity index is 2.50. The Morgan fingerprint density at radius 3 is 2.39 bits per heavy atom. The summed E-state index contributed by atoms with van der Waals surface area (Å²) in [7, 11) is 0.394. The number of carbonyl (C=O) groups is 2. The van der Waals surface area contributed by atoms with Crippen LogP contribution in [-0.2, 0) is 26.3 Å². The Hall–Kier alpha value is -3.11. The second kappa shape index (κ2) is 12.7. The van der Waals surface area contributed by atoms with Gasteiger partial charge < -0.3 is 15.0 Å². The van der Waals surface area contributed by atoms with Crippen molar-refractivity contribution in [1.29, 1.82) is 0 Å². The standard InChI is InChI=1S/C26H38N4O5S/c1-8-14-27-26(32)21(4)29(17-22-10-9-11-23(16-22)35-7)25(31)18-30(36(33,34)28(5)6)24-15-19(2)12-13-20(24)3/h9-13,15-16,21H,8,14,17-18H2,1-7H3,(H,27,32)/t21-/m0/s1. The first kappa shape index (κ1) is 29.1. The van der Waals surface area contributed by atoms with Gasteiger partial charge in [0.1, 0.15) is 18.3 Å². The van der Waals surface area contributed by atoms with Crippen LogP contribution in [0.4, 0.5) is 5.69 Å². The van der Waals surface area contributed by atoms with Crippen molar-refractivity contribution in [2.24, 2.45) is 0 Å². The van der Waals surface area contributed by atoms with Crippen LogP contribution >= 0.6 is 0 Å². The van der Waals surface area contributed by atoms with Crippen molar-refractivity contribution in [3.8, 4) is 5.75 Å². The number of rotatable bonds is 12. The van der Waals surface area contributed by atoms with Gasteiger partial charge in [-0.15, -0.1) is 0 Å². The number of nitrogens with one attached hydrogen (secondary N) is 1. The minimum absolute atomic E-state index is 0.111. The molecule has 2 rings (SSSR count). The van der Waals surface area contributed by atoms with Crippen LogP contribution in [0.5, 0.6) is 5.75 Å². The molecule has 0 saturated carbocycles. The SMILES string of the molecule is CCCNC(=O)[C@H](C)N(Cc1cccc(OC)c1)C(=O)CN(c1cc(C)ccc1C)S(=O)(=O)N(C)C. The second-order valence-electron chi connectivity index (χ2n) is 8.93. The summed E-state index contributed by atoms with van der Waals surface area (Å²) in [6.07, 6.45) is 0.754. The van der Waals surface area contributed by atoms with Crippen molar-refractivity contribution in [3.63, 3.8) is 0 Å². The number of methoxy groups -OCH3 is 1. The number of amides is 2. The average Bonchev–Trinajstić information content (AvgIpc) is 2.85. The highest BCUT2D eigenvalue weighted by molar-refractivity contribution is 7.90. The van der Waals surface area contributed by atoms with E-state index in [9.17, 15) is 18.0 Å². The van der Waals surface area contributed by atoms with E-state index in [1.807, 2.05) is 32.0 Å². The van der Waals surface area contributed by atoms with Crippen LogP contribution in [0.3, 0.4) is 0 Å². The van der Waals surface area contributed by atoms with Gasteiger partial charge in [-0.3, -0.25) is 9.59 Å². The summed E-state index contributed by atoms with van der Waals surface area (Å²) in [5.41, 5.74) is 2.75. The third-order valence-corrected chi connectivity index (χ3v) is 7.66. The van der Waals surface area contributed by atoms with E-state index >= 15 is 0 Å². The Morgan fingerprint density at radius 2 is 1.78 bits per heavy atom. The number of ether oxygens (including phenoxy) is 1. The molecule has 0 aliphatic heterocycles. The fourth-order valence-corrected chi connectivity index (χ4v) is 4.75. The molecule has 9 nitrogen and oxygen atoms in total. The molecule has 0 unspecified atom stereocenters. The summed E-state index contributed by atoms with van der Waals surface area (Å²) in [5, 5.41) is 2.83. The summed E-state index contributed by atoms with van der Waals surface area (Å²) >= 11 is 0. The van der Waals surface area contributed by atoms with Crippen molar-refractivity contribution in [1.82, 2.24) is 14.5 Å². The van der Waals surface area contributed by atoms with Gasteiger partial charge in [0, 0.05) is 27.2 Å². The van der Waals surface area contributed by atoms with Gasteiger partial charge in [0.2, 0.25) is 11.8 Å². The number of carbonyl (C=O) groups excluding carboxylic acids is 2. The molecular weight excluding hydrogens is 480 g/mol. The van der Waals surface area contributed by atoms with E-state index in [0.717, 1.165) is 26.2 Å². The number of anilines is 1. The van der Waals surface area contributed by atoms with Crippen LogP contribution in [0.25, 0.3) is 0 Å². The third kappa shape index (κ3) is 7.20. The minimum Gasteiger partial charge on any atom is -0.497 e. The molecule has 0 bridgehead atoms. The molecule has 0 spiro atoms. The summed E-state index contributed by atoms with van der Waals surface area (Å²) in [6, 6.07) is 11.8. The Kier molecular flexibility index (Phi) is 10.3. The zero-order valence-corrected chi connectivity index (χ0v) is 23.1. The lowest BCUT2D eigenvalue weighted by atomic mass is 10.1. The maximum atomic E-state index is 13.8. The largest absolute Gasteiger partial charge is 0.497 e. The number of aryl methyl sites for hydroxylation is 2. The molecule has 2 amide bonds. The molecule has 0 aliphatic carbocycles. The quantitative estimate of drug-likeness (QED) is 0.466. The van der Waals surface area contributed by atoms with Crippen LogP contribution in [0.2, 0.25) is 0 Å². The fourth-order valence-electron chi connectivity index (χ4n) is 3.64. The van der Waals surface area contributed by atoms with Gasteiger partial charge in [0.05, 0.1) is 12.8 Å². The predicted molar refractivity (Wildman–Crippen MR) is 142 cm³/mol. The van der Waals surface area contributed by atoms with Gasteiger partial charge in [0.25, 0.3) is 0 Å². The Morgan fingerprint density at radius 1 is 1.08 bits per heavy atom. The number of hydrogen-bond donors (Lipinski definition) is 1. The Labute approximate surface area is 215 Å². The summed E-state index contributed by atoms with van der Waals surface area (Å²) in [6.45, 7) is 7.38. The second-order valence-corrected chi connectivity index (χ2v) is 11.0. The van der Waals surface area contributed by atoms with Crippen LogP contribution < -0.4 is 14.4 Å². The van der Waals surface area contributed by atoms with Gasteiger partial charge in [-0.25, -0.2) is 4.31 Å². The lowest BCUT2D eigenvalue weighted by Crippen LogP contribution is -2.52. The number of nitrogens with zero attached hydrogens (tertiary/aromatic N) is 3. The van der Waals surface area contributed by atoms with Crippen molar-refractivity contribution >= 4 is 27.7 Å². The third-order valence-electron chi connectivity index (χ3n) is 5.86. The van der Waals surface area contributed by atoms with Crippen LogP contribution in [0.1, 0.15) is 37.0 Å². The first-order valence-electron chi connectivity index (χ1n) is 11.9. The molecule has 2 aromatic rings. The molecule has 1 N–H and O–H groups in total. The van der Waals surface area contributed by atoms with Crippen molar-refractivity contribution < 1.29 is 22.7 Å². The van der Waals surface area contributed by atoms with E-state index in [2.05, 4.69) is 5.32 Å². The maximum Gasteiger partial charge on any atom is 0.304 e. The van der Waals surface area contributed by atoms with E-state index in [1.165, 1.54) is 19.0 Å². The fraction of sp³-hybridized carbons (Fsp3) is 0.462. The minimum atomic E-state index is -4.00. The number of hydrogen-bond acceptors (Lipinski definition) is 5. The zero-order chi connectivity index (χ0) is 27.0. The molecule has 198 valence electrons. The van der Waals surface area contributed by atoms with Gasteiger partial charge in [-0.05, 0) is 62.1 Å². The normalized spacial score (nSPS) is 12.2. The van der Waals surface area contributed by atoms with E-state index in [0.29, 0.717) is 23.5 Å². The highest BCUT2D eigenvalue weighted by Crippen LogP contribution is 2.26. The molecule has 10 heteroatoms. The summed E-state index contributed by atoms with van der Waals surface area (Å²) < 4.78 is 34.1. The summed E-state index contributed by atoms with van der Waals surface area (Å²) in [4.78, 5) is 28.0. The molecule has 1 atom stereocenters. The predicted octanol–water partition coefficient (Wildman–Crippen LogP) is 2.87. The monoisotopic (exact) mass is 518 g/mol. The lowest BCUT2D eigenvalue weighted by molar-refractivity contribution is -0.139. The highest BCUT2D eigenvalue weighted by Gasteiger charge is 2.33. The molecule has 0 fully saturated rings. The summed E-state index contributed by atoms with van der Waals surface area (Å²) in [5.74, 6) is -0.180. The molecular formula is C26H38N4O5S. The van der Waals surface area contributed by atoms with E-state index in [-0.39, 0.29) is 12.5 Å². The van der Waals surface area contributed by atoms with Crippen LogP contribution in [0, 0.1) is 13.8 Å². The first-order chi connectivity index (χ1) is 16.9. The van der Waals surface area contributed by atoms with Gasteiger partial charge in [-0.2, -0.15) is 12.7 Å². The maximum absolute atomic E-state index is 13.8. The number of benzene rings is 2. The first-order valence-corrected chi connectivity index (χ1v) is 13.3. The Bertz CT molecular complexity index is 1170. The molecule has 2 aromatic carbocycles.